The van der Waals surface area contributed by atoms with Gasteiger partial charge < -0.3 is 4.74 Å². The first-order valence-corrected chi connectivity index (χ1v) is 5.80. The molecular weight excluding hydrogens is 174 g/mol. The molecule has 0 aliphatic rings. The van der Waals surface area contributed by atoms with E-state index >= 15 is 0 Å². The van der Waals surface area contributed by atoms with Crippen molar-refractivity contribution in [2.24, 2.45) is 10.9 Å². The van der Waals surface area contributed by atoms with Gasteiger partial charge in [-0.05, 0) is 12.8 Å². The van der Waals surface area contributed by atoms with Gasteiger partial charge in [0.1, 0.15) is 0 Å². The van der Waals surface area contributed by atoms with Crippen LogP contribution in [0.2, 0.25) is 0 Å². The second kappa shape index (κ2) is 9.04. The molecule has 0 saturated carbocycles. The van der Waals surface area contributed by atoms with Crippen LogP contribution < -0.4 is 0 Å². The minimum atomic E-state index is 0.546. The van der Waals surface area contributed by atoms with Gasteiger partial charge in [-0.15, -0.1) is 0 Å². The molecule has 0 unspecified atom stereocenters. The van der Waals surface area contributed by atoms with Gasteiger partial charge in [0.15, 0.2) is 5.90 Å². The number of rotatable bonds is 7. The highest BCUT2D eigenvalue weighted by Crippen LogP contribution is 2.18. The van der Waals surface area contributed by atoms with E-state index < -0.39 is 0 Å². The largest absolute Gasteiger partial charge is 0.484 e. The molecule has 0 saturated heterocycles. The summed E-state index contributed by atoms with van der Waals surface area (Å²) in [6.45, 7) is 4.46. The Labute approximate surface area is 88.8 Å². The average molecular weight is 199 g/mol. The first-order valence-electron chi connectivity index (χ1n) is 5.80. The molecule has 0 radical (unpaired) electrons. The number of hydrogen-bond donors (Lipinski definition) is 0. The van der Waals surface area contributed by atoms with Crippen molar-refractivity contribution in [1.29, 1.82) is 0 Å². The third kappa shape index (κ3) is 5.25. The van der Waals surface area contributed by atoms with E-state index in [9.17, 15) is 0 Å². The maximum atomic E-state index is 5.31. The number of nitrogens with zero attached hydrogens (tertiary/aromatic N) is 1. The molecule has 2 heteroatoms. The van der Waals surface area contributed by atoms with Crippen molar-refractivity contribution in [2.75, 3.05) is 14.2 Å². The predicted molar refractivity (Wildman–Crippen MR) is 62.9 cm³/mol. The lowest BCUT2D eigenvalue weighted by atomic mass is 9.96. The van der Waals surface area contributed by atoms with Crippen LogP contribution in [0, 0.1) is 5.92 Å². The van der Waals surface area contributed by atoms with Crippen LogP contribution in [-0.4, -0.2) is 20.1 Å². The molecule has 0 aromatic carbocycles. The predicted octanol–water partition coefficient (Wildman–Crippen LogP) is 3.66. The van der Waals surface area contributed by atoms with E-state index in [0.29, 0.717) is 5.92 Å². The van der Waals surface area contributed by atoms with Crippen molar-refractivity contribution in [3.8, 4) is 0 Å². The molecular formula is C12H25NO. The second-order valence-corrected chi connectivity index (χ2v) is 3.75. The number of aliphatic imine (C=N–C) groups is 1. The molecule has 0 atom stereocenters. The van der Waals surface area contributed by atoms with Crippen molar-refractivity contribution in [3.63, 3.8) is 0 Å². The van der Waals surface area contributed by atoms with Crippen LogP contribution in [0.25, 0.3) is 0 Å². The van der Waals surface area contributed by atoms with Gasteiger partial charge in [-0.3, -0.25) is 4.99 Å². The second-order valence-electron chi connectivity index (χ2n) is 3.75. The Morgan fingerprint density at radius 1 is 1.14 bits per heavy atom. The summed E-state index contributed by atoms with van der Waals surface area (Å²) in [5.74, 6) is 1.48. The van der Waals surface area contributed by atoms with E-state index in [1.165, 1.54) is 38.5 Å². The highest BCUT2D eigenvalue weighted by Gasteiger charge is 2.14. The number of ether oxygens (including phenoxy) is 1. The Bertz CT molecular complexity index is 146. The monoisotopic (exact) mass is 199 g/mol. The van der Waals surface area contributed by atoms with E-state index in [1.54, 1.807) is 7.11 Å². The van der Waals surface area contributed by atoms with Gasteiger partial charge >= 0.3 is 0 Å². The van der Waals surface area contributed by atoms with Crippen LogP contribution in [-0.2, 0) is 4.74 Å². The van der Waals surface area contributed by atoms with E-state index in [1.807, 2.05) is 7.05 Å². The lowest BCUT2D eigenvalue weighted by Gasteiger charge is -2.17. The lowest BCUT2D eigenvalue weighted by molar-refractivity contribution is 0.345. The zero-order chi connectivity index (χ0) is 10.8. The Balaban J connectivity index is 4.07. The van der Waals surface area contributed by atoms with Crippen LogP contribution in [0.15, 0.2) is 4.99 Å². The third-order valence-corrected chi connectivity index (χ3v) is 2.59. The van der Waals surface area contributed by atoms with Gasteiger partial charge in [0.2, 0.25) is 0 Å². The molecule has 84 valence electrons. The molecule has 0 aliphatic heterocycles. The smallest absolute Gasteiger partial charge is 0.185 e. The highest BCUT2D eigenvalue weighted by atomic mass is 16.5. The number of methoxy groups -OCH3 is 1. The van der Waals surface area contributed by atoms with E-state index in [4.69, 9.17) is 4.74 Å². The summed E-state index contributed by atoms with van der Waals surface area (Å²) in [7, 11) is 3.55. The first-order chi connectivity index (χ1) is 6.79. The van der Waals surface area contributed by atoms with Gasteiger partial charge in [0.05, 0.1) is 7.11 Å². The summed E-state index contributed by atoms with van der Waals surface area (Å²) in [6, 6.07) is 0. The molecule has 0 amide bonds. The Morgan fingerprint density at radius 2 is 1.64 bits per heavy atom. The minimum Gasteiger partial charge on any atom is -0.484 e. The molecule has 0 spiro atoms. The first kappa shape index (κ1) is 13.5. The third-order valence-electron chi connectivity index (χ3n) is 2.59. The molecule has 0 rings (SSSR count). The van der Waals surface area contributed by atoms with Gasteiger partial charge in [-0.25, -0.2) is 0 Å². The molecule has 0 fully saturated rings. The maximum Gasteiger partial charge on any atom is 0.185 e. The molecule has 0 aliphatic carbocycles. The molecule has 0 N–H and O–H groups in total. The molecule has 14 heavy (non-hydrogen) atoms. The van der Waals surface area contributed by atoms with Gasteiger partial charge in [-0.2, -0.15) is 0 Å². The fourth-order valence-corrected chi connectivity index (χ4v) is 1.73. The lowest BCUT2D eigenvalue weighted by Crippen LogP contribution is -2.16. The fraction of sp³-hybridized carbons (Fsp3) is 0.917. The molecule has 0 heterocycles. The van der Waals surface area contributed by atoms with Crippen LogP contribution in [0.3, 0.4) is 0 Å². The zero-order valence-corrected chi connectivity index (χ0v) is 10.2. The Morgan fingerprint density at radius 3 is 1.93 bits per heavy atom. The summed E-state index contributed by atoms with van der Waals surface area (Å²) in [6.07, 6.45) is 7.49. The van der Waals surface area contributed by atoms with Crippen LogP contribution in [0.5, 0.6) is 0 Å². The number of unbranched alkanes of at least 4 members (excludes halogenated alkanes) is 2. The van der Waals surface area contributed by atoms with Gasteiger partial charge in [0, 0.05) is 13.0 Å². The molecule has 0 aromatic heterocycles. The van der Waals surface area contributed by atoms with Gasteiger partial charge in [0.25, 0.3) is 0 Å². The minimum absolute atomic E-state index is 0.546. The topological polar surface area (TPSA) is 21.6 Å². The molecule has 0 bridgehead atoms. The standard InChI is InChI=1S/C12H25NO/c1-5-7-9-11(10-8-6-2)12(13-3)14-4/h11H,5-10H2,1-4H3. The highest BCUT2D eigenvalue weighted by molar-refractivity contribution is 5.78. The summed E-state index contributed by atoms with van der Waals surface area (Å²) in [5.41, 5.74) is 0. The van der Waals surface area contributed by atoms with Crippen molar-refractivity contribution in [3.05, 3.63) is 0 Å². The van der Waals surface area contributed by atoms with E-state index in [0.717, 1.165) is 5.90 Å². The SMILES string of the molecule is CCCCC(CCCC)C(=NC)OC. The van der Waals surface area contributed by atoms with Crippen molar-refractivity contribution in [1.82, 2.24) is 0 Å². The molecule has 2 nitrogen and oxygen atoms in total. The van der Waals surface area contributed by atoms with Crippen molar-refractivity contribution < 1.29 is 4.74 Å². The maximum absolute atomic E-state index is 5.31. The van der Waals surface area contributed by atoms with Crippen LogP contribution in [0.1, 0.15) is 52.4 Å². The average Bonchev–Trinajstić information content (AvgIpc) is 2.22. The van der Waals surface area contributed by atoms with E-state index in [2.05, 4.69) is 18.8 Å². The molecule has 0 aromatic rings. The summed E-state index contributed by atoms with van der Waals surface area (Å²) >= 11 is 0. The summed E-state index contributed by atoms with van der Waals surface area (Å²) in [5, 5.41) is 0. The normalized spacial score (nSPS) is 12.2. The Hall–Kier alpha value is -0.530. The zero-order valence-electron chi connectivity index (χ0n) is 10.2. The van der Waals surface area contributed by atoms with Crippen LogP contribution >= 0.6 is 0 Å². The Kier molecular flexibility index (Phi) is 8.70. The van der Waals surface area contributed by atoms with Crippen molar-refractivity contribution in [2.45, 2.75) is 52.4 Å². The van der Waals surface area contributed by atoms with E-state index in [-0.39, 0.29) is 0 Å². The fourth-order valence-electron chi connectivity index (χ4n) is 1.73. The summed E-state index contributed by atoms with van der Waals surface area (Å²) in [4.78, 5) is 4.21. The quantitative estimate of drug-likeness (QED) is 0.453. The summed E-state index contributed by atoms with van der Waals surface area (Å²) < 4.78 is 5.31. The number of hydrogen-bond acceptors (Lipinski definition) is 2. The van der Waals surface area contributed by atoms with Gasteiger partial charge in [-0.1, -0.05) is 39.5 Å². The van der Waals surface area contributed by atoms with Crippen molar-refractivity contribution >= 4 is 5.90 Å². The van der Waals surface area contributed by atoms with Crippen LogP contribution in [0.4, 0.5) is 0 Å².